The standard InChI is InChI=1S/C24H28FN7/c1-14(2)22(27-3)17-11-15(5-7-19(17)26)23-18(25)12-28-24(31-23)30-21-8-6-16-13-32(4)10-9-20(16)29-21/h5-8,11-12,14H,9-10,13,26H2,1-4H3,(H,28,29,30,31). The number of halogens is 1. The van der Waals surface area contributed by atoms with Gasteiger partial charge < -0.3 is 16.0 Å². The number of rotatable bonds is 5. The average Bonchev–Trinajstić information content (AvgIpc) is 2.77. The van der Waals surface area contributed by atoms with Crippen LogP contribution in [0.25, 0.3) is 11.3 Å². The molecule has 0 amide bonds. The fourth-order valence-electron chi connectivity index (χ4n) is 3.99. The van der Waals surface area contributed by atoms with Gasteiger partial charge in [-0.2, -0.15) is 0 Å². The Morgan fingerprint density at radius 2 is 2.03 bits per heavy atom. The van der Waals surface area contributed by atoms with E-state index in [1.54, 1.807) is 19.2 Å². The van der Waals surface area contributed by atoms with Gasteiger partial charge in [-0.25, -0.2) is 19.3 Å². The van der Waals surface area contributed by atoms with E-state index in [9.17, 15) is 4.39 Å². The quantitative estimate of drug-likeness (QED) is 0.466. The van der Waals surface area contributed by atoms with Gasteiger partial charge in [-0.1, -0.05) is 26.0 Å². The van der Waals surface area contributed by atoms with Gasteiger partial charge in [-0.15, -0.1) is 0 Å². The number of nitrogens with one attached hydrogen (secondary N) is 1. The number of nitrogens with two attached hydrogens (primary N) is 1. The van der Waals surface area contributed by atoms with Crippen LogP contribution < -0.4 is 11.1 Å². The topological polar surface area (TPSA) is 92.3 Å². The molecule has 1 aliphatic rings. The van der Waals surface area contributed by atoms with E-state index in [-0.39, 0.29) is 17.6 Å². The van der Waals surface area contributed by atoms with Gasteiger partial charge in [0.2, 0.25) is 5.95 Å². The summed E-state index contributed by atoms with van der Waals surface area (Å²) >= 11 is 0. The van der Waals surface area contributed by atoms with Crippen molar-refractivity contribution in [3.05, 3.63) is 59.2 Å². The van der Waals surface area contributed by atoms with E-state index in [4.69, 9.17) is 10.7 Å². The number of likely N-dealkylation sites (N-methyl/N-ethyl adjacent to an activating group) is 1. The number of aliphatic imine (C=N–C) groups is 1. The molecular formula is C24H28FN7. The van der Waals surface area contributed by atoms with Gasteiger partial charge in [0.25, 0.3) is 0 Å². The van der Waals surface area contributed by atoms with E-state index in [1.807, 2.05) is 26.0 Å². The summed E-state index contributed by atoms with van der Waals surface area (Å²) in [6.07, 6.45) is 2.06. The summed E-state index contributed by atoms with van der Waals surface area (Å²) in [5.41, 5.74) is 11.5. The van der Waals surface area contributed by atoms with Crippen LogP contribution in [-0.4, -0.2) is 46.2 Å². The molecule has 0 unspecified atom stereocenters. The Balaban J connectivity index is 1.66. The molecule has 0 saturated heterocycles. The first-order valence-electron chi connectivity index (χ1n) is 10.7. The fraction of sp³-hybridized carbons (Fsp3) is 0.333. The van der Waals surface area contributed by atoms with E-state index >= 15 is 0 Å². The average molecular weight is 434 g/mol. The van der Waals surface area contributed by atoms with Crippen molar-refractivity contribution in [2.45, 2.75) is 26.8 Å². The number of hydrogen-bond acceptors (Lipinski definition) is 7. The van der Waals surface area contributed by atoms with E-state index in [0.717, 1.165) is 36.5 Å². The van der Waals surface area contributed by atoms with Crippen LogP contribution in [0.5, 0.6) is 0 Å². The Labute approximate surface area is 187 Å². The zero-order valence-corrected chi connectivity index (χ0v) is 18.9. The molecule has 0 atom stereocenters. The molecule has 1 aliphatic heterocycles. The van der Waals surface area contributed by atoms with E-state index in [2.05, 4.69) is 38.3 Å². The van der Waals surface area contributed by atoms with Crippen molar-refractivity contribution in [2.24, 2.45) is 10.9 Å². The van der Waals surface area contributed by atoms with Crippen LogP contribution in [0.15, 0.2) is 41.5 Å². The van der Waals surface area contributed by atoms with Gasteiger partial charge in [0, 0.05) is 54.8 Å². The molecule has 0 bridgehead atoms. The highest BCUT2D eigenvalue weighted by Gasteiger charge is 2.17. The first-order chi connectivity index (χ1) is 15.4. The molecule has 0 aliphatic carbocycles. The lowest BCUT2D eigenvalue weighted by molar-refractivity contribution is 0.310. The van der Waals surface area contributed by atoms with E-state index in [0.29, 0.717) is 17.1 Å². The molecule has 0 radical (unpaired) electrons. The third kappa shape index (κ3) is 4.45. The van der Waals surface area contributed by atoms with Crippen molar-refractivity contribution >= 4 is 23.2 Å². The van der Waals surface area contributed by atoms with Crippen molar-refractivity contribution < 1.29 is 4.39 Å². The number of fused-ring (bicyclic) bond motifs is 1. The molecule has 2 aromatic heterocycles. The summed E-state index contributed by atoms with van der Waals surface area (Å²) in [6.45, 7) is 5.95. The summed E-state index contributed by atoms with van der Waals surface area (Å²) in [5.74, 6) is 0.601. The summed E-state index contributed by atoms with van der Waals surface area (Å²) in [6, 6.07) is 9.32. The number of hydrogen-bond donors (Lipinski definition) is 2. The summed E-state index contributed by atoms with van der Waals surface area (Å²) in [5, 5.41) is 3.12. The van der Waals surface area contributed by atoms with Crippen LogP contribution in [0.1, 0.15) is 30.7 Å². The second-order valence-electron chi connectivity index (χ2n) is 8.37. The Bertz CT molecular complexity index is 1170. The van der Waals surface area contributed by atoms with Crippen LogP contribution in [0.3, 0.4) is 0 Å². The highest BCUT2D eigenvalue weighted by molar-refractivity contribution is 6.06. The minimum atomic E-state index is -0.507. The molecular weight excluding hydrogens is 405 g/mol. The van der Waals surface area contributed by atoms with Crippen LogP contribution in [0.4, 0.5) is 21.8 Å². The number of nitrogen functional groups attached to an aromatic ring is 1. The maximum absolute atomic E-state index is 14.7. The number of pyridine rings is 1. The van der Waals surface area contributed by atoms with Gasteiger partial charge in [0.1, 0.15) is 11.5 Å². The Morgan fingerprint density at radius 3 is 2.78 bits per heavy atom. The Hall–Kier alpha value is -3.39. The van der Waals surface area contributed by atoms with Gasteiger partial charge in [0.05, 0.1) is 6.20 Å². The SMILES string of the molecule is CN=C(c1cc(-c2nc(Nc3ccc4c(n3)CCN(C)C4)ncc2F)ccc1N)C(C)C. The van der Waals surface area contributed by atoms with E-state index < -0.39 is 5.82 Å². The second-order valence-corrected chi connectivity index (χ2v) is 8.37. The summed E-state index contributed by atoms with van der Waals surface area (Å²) < 4.78 is 14.7. The first-order valence-corrected chi connectivity index (χ1v) is 10.7. The van der Waals surface area contributed by atoms with Gasteiger partial charge in [0.15, 0.2) is 5.82 Å². The fourth-order valence-corrected chi connectivity index (χ4v) is 3.99. The summed E-state index contributed by atoms with van der Waals surface area (Å²) in [4.78, 5) is 19.9. The van der Waals surface area contributed by atoms with Crippen LogP contribution in [0, 0.1) is 11.7 Å². The highest BCUT2D eigenvalue weighted by atomic mass is 19.1. The highest BCUT2D eigenvalue weighted by Crippen LogP contribution is 2.28. The second kappa shape index (κ2) is 9.00. The van der Waals surface area contributed by atoms with Crippen molar-refractivity contribution in [3.8, 4) is 11.3 Å². The minimum Gasteiger partial charge on any atom is -0.398 e. The third-order valence-electron chi connectivity index (χ3n) is 5.61. The molecule has 0 spiro atoms. The zero-order valence-electron chi connectivity index (χ0n) is 18.9. The molecule has 32 heavy (non-hydrogen) atoms. The molecule has 0 saturated carbocycles. The van der Waals surface area contributed by atoms with Gasteiger partial charge in [-0.05, 0) is 36.7 Å². The van der Waals surface area contributed by atoms with Crippen molar-refractivity contribution in [3.63, 3.8) is 0 Å². The predicted octanol–water partition coefficient (Wildman–Crippen LogP) is 4.07. The third-order valence-corrected chi connectivity index (χ3v) is 5.61. The number of nitrogens with zero attached hydrogens (tertiary/aromatic N) is 5. The molecule has 7 nitrogen and oxygen atoms in total. The first kappa shape index (κ1) is 21.8. The van der Waals surface area contributed by atoms with Crippen LogP contribution in [-0.2, 0) is 13.0 Å². The molecule has 166 valence electrons. The number of benzene rings is 1. The lowest BCUT2D eigenvalue weighted by atomic mass is 9.95. The smallest absolute Gasteiger partial charge is 0.229 e. The van der Waals surface area contributed by atoms with Crippen molar-refractivity contribution in [1.82, 2.24) is 19.9 Å². The zero-order chi connectivity index (χ0) is 22.8. The molecule has 1 aromatic carbocycles. The maximum atomic E-state index is 14.7. The van der Waals surface area contributed by atoms with Gasteiger partial charge in [-0.3, -0.25) is 4.99 Å². The molecule has 0 fully saturated rings. The monoisotopic (exact) mass is 433 g/mol. The summed E-state index contributed by atoms with van der Waals surface area (Å²) in [7, 11) is 3.83. The molecule has 8 heteroatoms. The largest absolute Gasteiger partial charge is 0.398 e. The predicted molar refractivity (Wildman–Crippen MR) is 127 cm³/mol. The number of anilines is 3. The molecule has 3 N–H and O–H groups in total. The van der Waals surface area contributed by atoms with Crippen LogP contribution in [0.2, 0.25) is 0 Å². The number of aromatic nitrogens is 3. The van der Waals surface area contributed by atoms with Crippen molar-refractivity contribution in [1.29, 1.82) is 0 Å². The lowest BCUT2D eigenvalue weighted by Gasteiger charge is -2.24. The maximum Gasteiger partial charge on any atom is 0.229 e. The Kier molecular flexibility index (Phi) is 6.14. The lowest BCUT2D eigenvalue weighted by Crippen LogP contribution is -2.27. The van der Waals surface area contributed by atoms with Gasteiger partial charge >= 0.3 is 0 Å². The van der Waals surface area contributed by atoms with E-state index in [1.165, 1.54) is 11.8 Å². The Morgan fingerprint density at radius 1 is 1.22 bits per heavy atom. The van der Waals surface area contributed by atoms with Crippen molar-refractivity contribution in [2.75, 3.05) is 31.7 Å². The molecule has 4 rings (SSSR count). The van der Waals surface area contributed by atoms with Crippen LogP contribution >= 0.6 is 0 Å². The minimum absolute atomic E-state index is 0.180. The molecule has 3 aromatic rings. The molecule has 3 heterocycles. The normalized spacial score (nSPS) is 14.5.